The molecule has 0 unspecified atom stereocenters. The first kappa shape index (κ1) is 19.9. The number of benzene rings is 2. The minimum atomic E-state index is -1.08. The van der Waals surface area contributed by atoms with Crippen molar-refractivity contribution in [2.45, 2.75) is 31.3 Å². The van der Waals surface area contributed by atoms with E-state index < -0.39 is 23.8 Å². The highest BCUT2D eigenvalue weighted by Crippen LogP contribution is 2.31. The Morgan fingerprint density at radius 2 is 2.04 bits per heavy atom. The standard InChI is InChI=1S/C20H19FN2O4S/c1-11-3-5-14(10-15(11)21)22-19(25)12(2)27-20(26)13-4-6-17-16(9-13)23-18(24)7-8-28-17/h3-6,9-10,12H,7-8H2,1-2H3,(H,22,25)(H,23,24)/t12-/m1/s1. The van der Waals surface area contributed by atoms with Gasteiger partial charge in [-0.05, 0) is 49.7 Å². The number of ether oxygens (including phenoxy) is 1. The Morgan fingerprint density at radius 3 is 2.79 bits per heavy atom. The highest BCUT2D eigenvalue weighted by atomic mass is 32.2. The lowest BCUT2D eigenvalue weighted by Crippen LogP contribution is -2.30. The maximum absolute atomic E-state index is 13.6. The zero-order valence-corrected chi connectivity index (χ0v) is 16.2. The third kappa shape index (κ3) is 4.69. The quantitative estimate of drug-likeness (QED) is 0.761. The predicted octanol–water partition coefficient (Wildman–Crippen LogP) is 3.75. The van der Waals surface area contributed by atoms with Crippen molar-refractivity contribution in [3.05, 3.63) is 53.3 Å². The van der Waals surface area contributed by atoms with E-state index in [4.69, 9.17) is 4.74 Å². The maximum atomic E-state index is 13.6. The van der Waals surface area contributed by atoms with Crippen molar-refractivity contribution in [2.24, 2.45) is 0 Å². The molecule has 0 bridgehead atoms. The van der Waals surface area contributed by atoms with Gasteiger partial charge in [0.25, 0.3) is 5.91 Å². The summed E-state index contributed by atoms with van der Waals surface area (Å²) < 4.78 is 18.8. The highest BCUT2D eigenvalue weighted by Gasteiger charge is 2.21. The molecule has 0 saturated carbocycles. The lowest BCUT2D eigenvalue weighted by atomic mass is 10.2. The van der Waals surface area contributed by atoms with Crippen LogP contribution in [-0.4, -0.2) is 29.6 Å². The summed E-state index contributed by atoms with van der Waals surface area (Å²) in [5, 5.41) is 5.27. The maximum Gasteiger partial charge on any atom is 0.338 e. The number of aryl methyl sites for hydroxylation is 1. The summed E-state index contributed by atoms with van der Waals surface area (Å²) >= 11 is 1.53. The molecule has 0 radical (unpaired) electrons. The molecule has 6 nitrogen and oxygen atoms in total. The van der Waals surface area contributed by atoms with E-state index in [1.165, 1.54) is 30.8 Å². The number of hydrogen-bond acceptors (Lipinski definition) is 5. The first-order valence-electron chi connectivity index (χ1n) is 8.68. The van der Waals surface area contributed by atoms with Crippen LogP contribution in [0.2, 0.25) is 0 Å². The number of hydrogen-bond donors (Lipinski definition) is 2. The predicted molar refractivity (Wildman–Crippen MR) is 105 cm³/mol. The Bertz CT molecular complexity index is 948. The summed E-state index contributed by atoms with van der Waals surface area (Å²) in [6.45, 7) is 3.05. The molecule has 2 aromatic rings. The van der Waals surface area contributed by atoms with Crippen LogP contribution >= 0.6 is 11.8 Å². The summed E-state index contributed by atoms with van der Waals surface area (Å²) in [5.41, 5.74) is 1.52. The number of rotatable bonds is 4. The van der Waals surface area contributed by atoms with E-state index in [-0.39, 0.29) is 17.2 Å². The van der Waals surface area contributed by atoms with Crippen molar-refractivity contribution in [1.29, 1.82) is 0 Å². The highest BCUT2D eigenvalue weighted by molar-refractivity contribution is 7.99. The van der Waals surface area contributed by atoms with E-state index >= 15 is 0 Å². The lowest BCUT2D eigenvalue weighted by molar-refractivity contribution is -0.123. The molecule has 146 valence electrons. The number of amides is 2. The second kappa shape index (κ2) is 8.43. The average Bonchev–Trinajstić information content (AvgIpc) is 2.84. The Labute approximate surface area is 165 Å². The van der Waals surface area contributed by atoms with Crippen LogP contribution in [-0.2, 0) is 14.3 Å². The molecule has 0 spiro atoms. The molecule has 2 aromatic carbocycles. The van der Waals surface area contributed by atoms with Gasteiger partial charge in [0.2, 0.25) is 5.91 Å². The van der Waals surface area contributed by atoms with E-state index in [1.807, 2.05) is 0 Å². The molecule has 1 aliphatic heterocycles. The first-order chi connectivity index (χ1) is 13.3. The second-order valence-electron chi connectivity index (χ2n) is 6.36. The van der Waals surface area contributed by atoms with Gasteiger partial charge >= 0.3 is 5.97 Å². The van der Waals surface area contributed by atoms with Crippen molar-refractivity contribution in [1.82, 2.24) is 0 Å². The number of nitrogens with one attached hydrogen (secondary N) is 2. The van der Waals surface area contributed by atoms with Crippen LogP contribution < -0.4 is 10.6 Å². The molecular formula is C20H19FN2O4S. The molecule has 0 fully saturated rings. The third-order valence-electron chi connectivity index (χ3n) is 4.17. The fraction of sp³-hybridized carbons (Fsp3) is 0.250. The van der Waals surface area contributed by atoms with Gasteiger partial charge in [0, 0.05) is 22.8 Å². The molecule has 3 rings (SSSR count). The lowest BCUT2D eigenvalue weighted by Gasteiger charge is -2.15. The smallest absolute Gasteiger partial charge is 0.338 e. The number of carbonyl (C=O) groups is 3. The number of halogens is 1. The number of carbonyl (C=O) groups excluding carboxylic acids is 3. The number of anilines is 2. The van der Waals surface area contributed by atoms with Gasteiger partial charge in [-0.25, -0.2) is 9.18 Å². The zero-order chi connectivity index (χ0) is 20.3. The van der Waals surface area contributed by atoms with Crippen LogP contribution in [0.1, 0.15) is 29.3 Å². The molecule has 8 heteroatoms. The Kier molecular flexibility index (Phi) is 5.99. The van der Waals surface area contributed by atoms with E-state index in [0.717, 1.165) is 4.90 Å². The van der Waals surface area contributed by atoms with Gasteiger partial charge in [-0.3, -0.25) is 9.59 Å². The molecule has 1 atom stereocenters. The van der Waals surface area contributed by atoms with Crippen LogP contribution in [0.15, 0.2) is 41.3 Å². The van der Waals surface area contributed by atoms with E-state index in [1.54, 1.807) is 31.2 Å². The van der Waals surface area contributed by atoms with E-state index in [2.05, 4.69) is 10.6 Å². The Balaban J connectivity index is 1.65. The molecule has 0 aliphatic carbocycles. The normalized spacial score (nSPS) is 14.3. The monoisotopic (exact) mass is 402 g/mol. The van der Waals surface area contributed by atoms with Crippen LogP contribution in [0.5, 0.6) is 0 Å². The van der Waals surface area contributed by atoms with Crippen molar-refractivity contribution < 1.29 is 23.5 Å². The zero-order valence-electron chi connectivity index (χ0n) is 15.4. The molecular weight excluding hydrogens is 383 g/mol. The van der Waals surface area contributed by atoms with Crippen LogP contribution in [0.3, 0.4) is 0 Å². The van der Waals surface area contributed by atoms with Gasteiger partial charge in [0.1, 0.15) is 5.82 Å². The summed E-state index contributed by atoms with van der Waals surface area (Å²) in [6.07, 6.45) is -0.685. The van der Waals surface area contributed by atoms with Crippen LogP contribution in [0.25, 0.3) is 0 Å². The average molecular weight is 402 g/mol. The van der Waals surface area contributed by atoms with Gasteiger partial charge in [0.15, 0.2) is 6.10 Å². The van der Waals surface area contributed by atoms with Gasteiger partial charge in [-0.15, -0.1) is 11.8 Å². The minimum absolute atomic E-state index is 0.116. The number of fused-ring (bicyclic) bond motifs is 1. The van der Waals surface area contributed by atoms with Gasteiger partial charge in [0.05, 0.1) is 11.3 Å². The van der Waals surface area contributed by atoms with Crippen molar-refractivity contribution in [3.8, 4) is 0 Å². The Hall–Kier alpha value is -2.87. The third-order valence-corrected chi connectivity index (χ3v) is 5.24. The Morgan fingerprint density at radius 1 is 1.25 bits per heavy atom. The fourth-order valence-electron chi connectivity index (χ4n) is 2.54. The molecule has 2 amide bonds. The topological polar surface area (TPSA) is 84.5 Å². The van der Waals surface area contributed by atoms with Gasteiger partial charge in [-0.1, -0.05) is 6.07 Å². The van der Waals surface area contributed by atoms with Crippen LogP contribution in [0.4, 0.5) is 15.8 Å². The molecule has 0 saturated heterocycles. The largest absolute Gasteiger partial charge is 0.449 e. The molecule has 2 N–H and O–H groups in total. The minimum Gasteiger partial charge on any atom is -0.449 e. The van der Waals surface area contributed by atoms with E-state index in [9.17, 15) is 18.8 Å². The van der Waals surface area contributed by atoms with E-state index in [0.29, 0.717) is 23.4 Å². The molecule has 1 aliphatic rings. The number of thioether (sulfide) groups is 1. The van der Waals surface area contributed by atoms with Crippen molar-refractivity contribution >= 4 is 40.9 Å². The van der Waals surface area contributed by atoms with Crippen molar-refractivity contribution in [2.75, 3.05) is 16.4 Å². The van der Waals surface area contributed by atoms with Gasteiger partial charge < -0.3 is 15.4 Å². The summed E-state index contributed by atoms with van der Waals surface area (Å²) in [5.74, 6) is -1.15. The summed E-state index contributed by atoms with van der Waals surface area (Å²) in [6, 6.07) is 9.18. The van der Waals surface area contributed by atoms with Crippen LogP contribution in [0, 0.1) is 12.7 Å². The SMILES string of the molecule is Cc1ccc(NC(=O)[C@@H](C)OC(=O)c2ccc3c(c2)NC(=O)CCS3)cc1F. The molecule has 28 heavy (non-hydrogen) atoms. The molecule has 1 heterocycles. The fourth-order valence-corrected chi connectivity index (χ4v) is 3.48. The van der Waals surface area contributed by atoms with Crippen molar-refractivity contribution in [3.63, 3.8) is 0 Å². The first-order valence-corrected chi connectivity index (χ1v) is 9.67. The second-order valence-corrected chi connectivity index (χ2v) is 7.50. The van der Waals surface area contributed by atoms with Gasteiger partial charge in [-0.2, -0.15) is 0 Å². The molecule has 0 aromatic heterocycles. The summed E-state index contributed by atoms with van der Waals surface area (Å²) in [4.78, 5) is 37.2. The summed E-state index contributed by atoms with van der Waals surface area (Å²) in [7, 11) is 0. The number of esters is 1.